The molecule has 2 saturated heterocycles. The highest BCUT2D eigenvalue weighted by molar-refractivity contribution is 5.01. The van der Waals surface area contributed by atoms with E-state index in [1.807, 2.05) is 17.9 Å². The maximum Gasteiger partial charge on any atom is 0.0492 e. The van der Waals surface area contributed by atoms with Crippen molar-refractivity contribution in [1.29, 1.82) is 0 Å². The summed E-state index contributed by atoms with van der Waals surface area (Å²) in [5.41, 5.74) is 1.32. The molecule has 2 atom stereocenters. The molecule has 1 N–H and O–H groups in total. The predicted molar refractivity (Wildman–Crippen MR) is 72.5 cm³/mol. The summed E-state index contributed by atoms with van der Waals surface area (Å²) in [7, 11) is 2.02. The van der Waals surface area contributed by atoms with E-state index in [-0.39, 0.29) is 0 Å². The summed E-state index contributed by atoms with van der Waals surface area (Å²) in [6.07, 6.45) is 8.51. The number of nitrogens with one attached hydrogen (secondary N) is 1. The zero-order valence-electron chi connectivity index (χ0n) is 11.3. The number of hydrogen-bond acceptors (Lipinski definition) is 3. The van der Waals surface area contributed by atoms with Gasteiger partial charge in [-0.05, 0) is 31.9 Å². The first-order valence-electron chi connectivity index (χ1n) is 7.29. The molecule has 0 aromatic carbocycles. The Morgan fingerprint density at radius 1 is 1.33 bits per heavy atom. The molecule has 0 spiro atoms. The van der Waals surface area contributed by atoms with Crippen LogP contribution in [0.4, 0.5) is 0 Å². The molecule has 0 radical (unpaired) electrons. The highest BCUT2D eigenvalue weighted by Crippen LogP contribution is 2.26. The molecule has 0 amide bonds. The van der Waals surface area contributed by atoms with Crippen LogP contribution in [0.3, 0.4) is 0 Å². The normalized spacial score (nSPS) is 28.5. The number of nitrogens with zero attached hydrogens (tertiary/aromatic N) is 3. The molecule has 2 aliphatic rings. The van der Waals surface area contributed by atoms with Gasteiger partial charge in [0.2, 0.25) is 0 Å². The smallest absolute Gasteiger partial charge is 0.0492 e. The first-order valence-corrected chi connectivity index (χ1v) is 7.29. The largest absolute Gasteiger partial charge is 0.312 e. The summed E-state index contributed by atoms with van der Waals surface area (Å²) in [5.74, 6) is 0. The molecule has 3 heterocycles. The molecule has 3 rings (SSSR count). The van der Waals surface area contributed by atoms with Gasteiger partial charge >= 0.3 is 0 Å². The first-order chi connectivity index (χ1) is 8.84. The van der Waals surface area contributed by atoms with Crippen molar-refractivity contribution in [3.63, 3.8) is 0 Å². The van der Waals surface area contributed by atoms with Gasteiger partial charge in [-0.25, -0.2) is 0 Å². The number of piperidine rings is 1. The predicted octanol–water partition coefficient (Wildman–Crippen LogP) is 1.18. The van der Waals surface area contributed by atoms with E-state index < -0.39 is 0 Å². The second-order valence-corrected chi connectivity index (χ2v) is 5.64. The summed E-state index contributed by atoms with van der Waals surface area (Å²) in [4.78, 5) is 2.69. The maximum atomic E-state index is 4.21. The minimum atomic E-state index is 0.721. The van der Waals surface area contributed by atoms with E-state index in [1.165, 1.54) is 44.5 Å². The monoisotopic (exact) mass is 248 g/mol. The Bertz CT molecular complexity index is 387. The van der Waals surface area contributed by atoms with Crippen molar-refractivity contribution in [2.75, 3.05) is 19.6 Å². The molecule has 2 aliphatic heterocycles. The van der Waals surface area contributed by atoms with Crippen molar-refractivity contribution >= 4 is 0 Å². The Labute approximate surface area is 109 Å². The SMILES string of the molecule is Cn1nccc1CCNC1CCN2CCCCC12. The van der Waals surface area contributed by atoms with Crippen molar-refractivity contribution in [1.82, 2.24) is 20.0 Å². The van der Waals surface area contributed by atoms with Crippen molar-refractivity contribution in [3.8, 4) is 0 Å². The molecule has 2 unspecified atom stereocenters. The summed E-state index contributed by atoms with van der Waals surface area (Å²) < 4.78 is 1.98. The van der Waals surface area contributed by atoms with Gasteiger partial charge in [-0.3, -0.25) is 9.58 Å². The third-order valence-electron chi connectivity index (χ3n) is 4.57. The number of rotatable bonds is 4. The van der Waals surface area contributed by atoms with Crippen molar-refractivity contribution in [2.45, 2.75) is 44.2 Å². The van der Waals surface area contributed by atoms with Gasteiger partial charge < -0.3 is 5.32 Å². The third kappa shape index (κ3) is 2.45. The topological polar surface area (TPSA) is 33.1 Å². The fourth-order valence-corrected chi connectivity index (χ4v) is 3.52. The van der Waals surface area contributed by atoms with Gasteiger partial charge in [0.1, 0.15) is 0 Å². The lowest BCUT2D eigenvalue weighted by molar-refractivity contribution is 0.181. The standard InChI is InChI=1S/C14H24N4/c1-17-12(6-9-16-17)5-8-15-13-7-11-18-10-3-2-4-14(13)18/h6,9,13-15H,2-5,7-8,10-11H2,1H3. The molecular weight excluding hydrogens is 224 g/mol. The summed E-state index contributed by atoms with van der Waals surface area (Å²) in [5, 5.41) is 7.98. The minimum Gasteiger partial charge on any atom is -0.312 e. The van der Waals surface area contributed by atoms with Crippen LogP contribution in [0.25, 0.3) is 0 Å². The molecule has 1 aromatic heterocycles. The average Bonchev–Trinajstić information content (AvgIpc) is 2.97. The fourth-order valence-electron chi connectivity index (χ4n) is 3.52. The van der Waals surface area contributed by atoms with Crippen LogP contribution in [0.1, 0.15) is 31.4 Å². The molecule has 0 saturated carbocycles. The minimum absolute atomic E-state index is 0.721. The Balaban J connectivity index is 1.47. The first kappa shape index (κ1) is 12.2. The average molecular weight is 248 g/mol. The third-order valence-corrected chi connectivity index (χ3v) is 4.57. The molecular formula is C14H24N4. The van der Waals surface area contributed by atoms with Gasteiger partial charge in [0.05, 0.1) is 0 Å². The van der Waals surface area contributed by atoms with Crippen molar-refractivity contribution in [3.05, 3.63) is 18.0 Å². The van der Waals surface area contributed by atoms with E-state index in [1.54, 1.807) is 0 Å². The van der Waals surface area contributed by atoms with Crippen molar-refractivity contribution < 1.29 is 0 Å². The molecule has 0 aliphatic carbocycles. The maximum absolute atomic E-state index is 4.21. The van der Waals surface area contributed by atoms with E-state index >= 15 is 0 Å². The molecule has 4 heteroatoms. The number of fused-ring (bicyclic) bond motifs is 1. The number of aryl methyl sites for hydroxylation is 1. The van der Waals surface area contributed by atoms with Gasteiger partial charge in [0, 0.05) is 50.5 Å². The highest BCUT2D eigenvalue weighted by atomic mass is 15.3. The summed E-state index contributed by atoms with van der Waals surface area (Å²) in [6, 6.07) is 3.65. The van der Waals surface area contributed by atoms with E-state index in [4.69, 9.17) is 0 Å². The Kier molecular flexibility index (Phi) is 3.66. The lowest BCUT2D eigenvalue weighted by atomic mass is 9.99. The molecule has 18 heavy (non-hydrogen) atoms. The van der Waals surface area contributed by atoms with E-state index in [9.17, 15) is 0 Å². The van der Waals surface area contributed by atoms with Crippen LogP contribution >= 0.6 is 0 Å². The lowest BCUT2D eigenvalue weighted by Crippen LogP contribution is -2.45. The number of aromatic nitrogens is 2. The van der Waals surface area contributed by atoms with Crippen LogP contribution in [-0.4, -0.2) is 46.4 Å². The Hall–Kier alpha value is -0.870. The second kappa shape index (κ2) is 5.41. The fraction of sp³-hybridized carbons (Fsp3) is 0.786. The van der Waals surface area contributed by atoms with E-state index in [0.29, 0.717) is 0 Å². The van der Waals surface area contributed by atoms with Crippen LogP contribution in [0.15, 0.2) is 12.3 Å². The molecule has 4 nitrogen and oxygen atoms in total. The van der Waals surface area contributed by atoms with Crippen LogP contribution in [0.5, 0.6) is 0 Å². The highest BCUT2D eigenvalue weighted by Gasteiger charge is 2.34. The molecule has 0 bridgehead atoms. The second-order valence-electron chi connectivity index (χ2n) is 5.64. The van der Waals surface area contributed by atoms with Crippen LogP contribution in [0.2, 0.25) is 0 Å². The Morgan fingerprint density at radius 2 is 2.28 bits per heavy atom. The van der Waals surface area contributed by atoms with E-state index in [0.717, 1.165) is 25.0 Å². The van der Waals surface area contributed by atoms with Gasteiger partial charge in [-0.2, -0.15) is 5.10 Å². The summed E-state index contributed by atoms with van der Waals surface area (Å²) >= 11 is 0. The van der Waals surface area contributed by atoms with E-state index in [2.05, 4.69) is 21.4 Å². The molecule has 1 aromatic rings. The van der Waals surface area contributed by atoms with Crippen LogP contribution in [-0.2, 0) is 13.5 Å². The quantitative estimate of drug-likeness (QED) is 0.868. The van der Waals surface area contributed by atoms with Gasteiger partial charge in [0.25, 0.3) is 0 Å². The molecule has 100 valence electrons. The van der Waals surface area contributed by atoms with Gasteiger partial charge in [-0.15, -0.1) is 0 Å². The number of hydrogen-bond donors (Lipinski definition) is 1. The van der Waals surface area contributed by atoms with Crippen LogP contribution < -0.4 is 5.32 Å². The Morgan fingerprint density at radius 3 is 3.11 bits per heavy atom. The zero-order chi connectivity index (χ0) is 12.4. The summed E-state index contributed by atoms with van der Waals surface area (Å²) in [6.45, 7) is 3.70. The lowest BCUT2D eigenvalue weighted by Gasteiger charge is -2.32. The zero-order valence-corrected chi connectivity index (χ0v) is 11.3. The van der Waals surface area contributed by atoms with Gasteiger partial charge in [0.15, 0.2) is 0 Å². The van der Waals surface area contributed by atoms with Crippen molar-refractivity contribution in [2.24, 2.45) is 7.05 Å². The van der Waals surface area contributed by atoms with Gasteiger partial charge in [-0.1, -0.05) is 6.42 Å². The van der Waals surface area contributed by atoms with Crippen LogP contribution in [0, 0.1) is 0 Å². The molecule has 2 fully saturated rings.